The first-order valence-corrected chi connectivity index (χ1v) is 9.40. The maximum absolute atomic E-state index is 12.1. The molecule has 0 bridgehead atoms. The van der Waals surface area contributed by atoms with Gasteiger partial charge in [-0.3, -0.25) is 4.79 Å². The molecular formula is C17H23N5OS. The van der Waals surface area contributed by atoms with Crippen molar-refractivity contribution in [3.05, 3.63) is 29.3 Å². The third kappa shape index (κ3) is 4.14. The molecule has 1 aliphatic rings. The minimum Gasteiger partial charge on any atom is -0.353 e. The van der Waals surface area contributed by atoms with Gasteiger partial charge in [0.2, 0.25) is 11.1 Å². The van der Waals surface area contributed by atoms with E-state index < -0.39 is 0 Å². The van der Waals surface area contributed by atoms with Crippen LogP contribution in [0.3, 0.4) is 0 Å². The fourth-order valence-electron chi connectivity index (χ4n) is 2.93. The summed E-state index contributed by atoms with van der Waals surface area (Å²) in [6, 6.07) is 6.43. The molecule has 1 aromatic heterocycles. The van der Waals surface area contributed by atoms with Gasteiger partial charge in [-0.2, -0.15) is 4.68 Å². The second-order valence-electron chi connectivity index (χ2n) is 6.33. The van der Waals surface area contributed by atoms with E-state index in [0.29, 0.717) is 17.0 Å². The lowest BCUT2D eigenvalue weighted by molar-refractivity contribution is -0.119. The molecule has 128 valence electrons. The zero-order valence-corrected chi connectivity index (χ0v) is 15.0. The number of carbonyl (C=O) groups is 1. The van der Waals surface area contributed by atoms with Crippen molar-refractivity contribution in [3.63, 3.8) is 0 Å². The number of nitrogens with zero attached hydrogens (tertiary/aromatic N) is 4. The van der Waals surface area contributed by atoms with Crippen LogP contribution in [0.1, 0.15) is 43.2 Å². The molecule has 1 amide bonds. The fraction of sp³-hybridized carbons (Fsp3) is 0.529. The van der Waals surface area contributed by atoms with Crippen molar-refractivity contribution in [3.8, 4) is 5.69 Å². The van der Waals surface area contributed by atoms with Crippen LogP contribution >= 0.6 is 11.8 Å². The van der Waals surface area contributed by atoms with Crippen LogP contribution < -0.4 is 5.32 Å². The molecule has 3 rings (SSSR count). The maximum atomic E-state index is 12.1. The number of aryl methyl sites for hydroxylation is 2. The average Bonchev–Trinajstić information content (AvgIpc) is 3.05. The molecule has 0 atom stereocenters. The summed E-state index contributed by atoms with van der Waals surface area (Å²) in [5.74, 6) is 0.392. The van der Waals surface area contributed by atoms with Gasteiger partial charge in [-0.15, -0.1) is 5.10 Å². The molecule has 24 heavy (non-hydrogen) atoms. The Kier molecular flexibility index (Phi) is 5.50. The molecule has 1 fully saturated rings. The third-order valence-electron chi connectivity index (χ3n) is 4.48. The van der Waals surface area contributed by atoms with Crippen molar-refractivity contribution in [1.82, 2.24) is 25.5 Å². The van der Waals surface area contributed by atoms with E-state index in [1.54, 1.807) is 4.68 Å². The van der Waals surface area contributed by atoms with E-state index >= 15 is 0 Å². The topological polar surface area (TPSA) is 72.7 Å². The summed E-state index contributed by atoms with van der Waals surface area (Å²) in [5, 5.41) is 15.6. The number of hydrogen-bond donors (Lipinski definition) is 1. The van der Waals surface area contributed by atoms with E-state index in [-0.39, 0.29) is 5.91 Å². The molecule has 0 saturated heterocycles. The molecule has 0 radical (unpaired) electrons. The van der Waals surface area contributed by atoms with Crippen LogP contribution in [0.15, 0.2) is 23.4 Å². The quantitative estimate of drug-likeness (QED) is 0.844. The number of carbonyl (C=O) groups excluding carboxylic acids is 1. The number of amides is 1. The van der Waals surface area contributed by atoms with Crippen LogP contribution in [0, 0.1) is 13.8 Å². The summed E-state index contributed by atoms with van der Waals surface area (Å²) in [6.45, 7) is 4.14. The molecule has 0 unspecified atom stereocenters. The Hall–Kier alpha value is -1.89. The SMILES string of the molecule is Cc1ccc(-n2nnnc2SCC(=O)NC2CCCCC2)cc1C. The highest BCUT2D eigenvalue weighted by Gasteiger charge is 2.17. The second kappa shape index (κ2) is 7.79. The van der Waals surface area contributed by atoms with Gasteiger partial charge in [-0.1, -0.05) is 37.1 Å². The average molecular weight is 345 g/mol. The lowest BCUT2D eigenvalue weighted by Gasteiger charge is -2.22. The van der Waals surface area contributed by atoms with Crippen LogP contribution in [0.25, 0.3) is 5.69 Å². The monoisotopic (exact) mass is 345 g/mol. The van der Waals surface area contributed by atoms with Crippen molar-refractivity contribution in [2.45, 2.75) is 57.1 Å². The molecule has 1 saturated carbocycles. The predicted octanol–water partition coefficient (Wildman–Crippen LogP) is 2.82. The summed E-state index contributed by atoms with van der Waals surface area (Å²) >= 11 is 1.37. The van der Waals surface area contributed by atoms with Crippen LogP contribution in [0.5, 0.6) is 0 Å². The van der Waals surface area contributed by atoms with Crippen LogP contribution in [-0.2, 0) is 4.79 Å². The first-order valence-electron chi connectivity index (χ1n) is 8.41. The first-order chi connectivity index (χ1) is 11.6. The van der Waals surface area contributed by atoms with Crippen molar-refractivity contribution in [1.29, 1.82) is 0 Å². The zero-order valence-electron chi connectivity index (χ0n) is 14.2. The van der Waals surface area contributed by atoms with Crippen molar-refractivity contribution >= 4 is 17.7 Å². The number of aromatic nitrogens is 4. The Bertz CT molecular complexity index is 709. The molecule has 6 nitrogen and oxygen atoms in total. The normalized spacial score (nSPS) is 15.4. The molecule has 1 N–H and O–H groups in total. The first kappa shape index (κ1) is 17.0. The predicted molar refractivity (Wildman–Crippen MR) is 94.4 cm³/mol. The molecule has 0 aliphatic heterocycles. The summed E-state index contributed by atoms with van der Waals surface area (Å²) in [5.41, 5.74) is 3.33. The fourth-order valence-corrected chi connectivity index (χ4v) is 3.64. The van der Waals surface area contributed by atoms with E-state index in [9.17, 15) is 4.79 Å². The molecule has 1 aromatic carbocycles. The van der Waals surface area contributed by atoms with Crippen LogP contribution in [0.4, 0.5) is 0 Å². The number of thioether (sulfide) groups is 1. The maximum Gasteiger partial charge on any atom is 0.230 e. The van der Waals surface area contributed by atoms with Gasteiger partial charge in [0, 0.05) is 6.04 Å². The molecule has 0 spiro atoms. The number of tetrazole rings is 1. The molecule has 1 heterocycles. The van der Waals surface area contributed by atoms with E-state index in [1.165, 1.54) is 42.2 Å². The zero-order chi connectivity index (χ0) is 16.9. The Morgan fingerprint density at radius 2 is 2.04 bits per heavy atom. The summed E-state index contributed by atoms with van der Waals surface area (Å²) in [4.78, 5) is 12.1. The molecular weight excluding hydrogens is 322 g/mol. The third-order valence-corrected chi connectivity index (χ3v) is 5.40. The molecule has 2 aromatic rings. The van der Waals surface area contributed by atoms with Gasteiger partial charge < -0.3 is 5.32 Å². The van der Waals surface area contributed by atoms with Gasteiger partial charge in [-0.05, 0) is 60.4 Å². The Morgan fingerprint density at radius 3 is 2.79 bits per heavy atom. The van der Waals surface area contributed by atoms with Gasteiger partial charge in [0.15, 0.2) is 0 Å². The Morgan fingerprint density at radius 1 is 1.25 bits per heavy atom. The van der Waals surface area contributed by atoms with Crippen molar-refractivity contribution < 1.29 is 4.79 Å². The van der Waals surface area contributed by atoms with Gasteiger partial charge in [-0.25, -0.2) is 0 Å². The van der Waals surface area contributed by atoms with Crippen LogP contribution in [-0.4, -0.2) is 37.9 Å². The molecule has 1 aliphatic carbocycles. The standard InChI is InChI=1S/C17H23N5OS/c1-12-8-9-15(10-13(12)2)22-17(19-20-21-22)24-11-16(23)18-14-6-4-3-5-7-14/h8-10,14H,3-7,11H2,1-2H3,(H,18,23). The highest BCUT2D eigenvalue weighted by atomic mass is 32.2. The van der Waals surface area contributed by atoms with E-state index in [2.05, 4.69) is 46.8 Å². The van der Waals surface area contributed by atoms with Gasteiger partial charge in [0.05, 0.1) is 11.4 Å². The van der Waals surface area contributed by atoms with Crippen molar-refractivity contribution in [2.24, 2.45) is 0 Å². The minimum absolute atomic E-state index is 0.0570. The van der Waals surface area contributed by atoms with Crippen LogP contribution in [0.2, 0.25) is 0 Å². The summed E-state index contributed by atoms with van der Waals surface area (Å²) < 4.78 is 1.69. The summed E-state index contributed by atoms with van der Waals surface area (Å²) in [7, 11) is 0. The minimum atomic E-state index is 0.0570. The Balaban J connectivity index is 1.61. The van der Waals surface area contributed by atoms with Crippen molar-refractivity contribution in [2.75, 3.05) is 5.75 Å². The second-order valence-corrected chi connectivity index (χ2v) is 7.28. The number of rotatable bonds is 5. The lowest BCUT2D eigenvalue weighted by atomic mass is 9.95. The van der Waals surface area contributed by atoms with E-state index in [4.69, 9.17) is 0 Å². The van der Waals surface area contributed by atoms with E-state index in [0.717, 1.165) is 18.5 Å². The lowest BCUT2D eigenvalue weighted by Crippen LogP contribution is -2.37. The summed E-state index contributed by atoms with van der Waals surface area (Å²) in [6.07, 6.45) is 5.89. The smallest absolute Gasteiger partial charge is 0.230 e. The van der Waals surface area contributed by atoms with Gasteiger partial charge in [0.1, 0.15) is 0 Å². The van der Waals surface area contributed by atoms with E-state index in [1.807, 2.05) is 6.07 Å². The number of benzene rings is 1. The number of nitrogens with one attached hydrogen (secondary N) is 1. The van der Waals surface area contributed by atoms with Gasteiger partial charge in [0.25, 0.3) is 0 Å². The largest absolute Gasteiger partial charge is 0.353 e. The van der Waals surface area contributed by atoms with Gasteiger partial charge >= 0.3 is 0 Å². The highest BCUT2D eigenvalue weighted by molar-refractivity contribution is 7.99. The molecule has 7 heteroatoms. The highest BCUT2D eigenvalue weighted by Crippen LogP contribution is 2.21. The number of hydrogen-bond acceptors (Lipinski definition) is 5. The Labute approximate surface area is 146 Å².